The van der Waals surface area contributed by atoms with Gasteiger partial charge in [-0.15, -0.1) is 0 Å². The lowest BCUT2D eigenvalue weighted by Crippen LogP contribution is -2.31. The van der Waals surface area contributed by atoms with Crippen LogP contribution in [0.5, 0.6) is 5.75 Å². The van der Waals surface area contributed by atoms with Gasteiger partial charge < -0.3 is 10.1 Å². The van der Waals surface area contributed by atoms with E-state index in [9.17, 15) is 4.79 Å². The van der Waals surface area contributed by atoms with Crippen molar-refractivity contribution in [2.24, 2.45) is 0 Å². The molecule has 0 saturated heterocycles. The lowest BCUT2D eigenvalue weighted by molar-refractivity contribution is 0.0932. The molecule has 3 rings (SSSR count). The van der Waals surface area contributed by atoms with Gasteiger partial charge in [0.1, 0.15) is 5.75 Å². The number of nitrogens with one attached hydrogen (secondary N) is 1. The topological polar surface area (TPSA) is 51.2 Å². The summed E-state index contributed by atoms with van der Waals surface area (Å²) in [5, 5.41) is 3.11. The molecular weight excluding hydrogens is 264 g/mol. The van der Waals surface area contributed by atoms with Gasteiger partial charge in [0.2, 0.25) is 0 Å². The van der Waals surface area contributed by atoms with E-state index in [1.165, 1.54) is 11.1 Å². The van der Waals surface area contributed by atoms with Gasteiger partial charge in [-0.05, 0) is 54.7 Å². The van der Waals surface area contributed by atoms with Crippen molar-refractivity contribution in [3.63, 3.8) is 0 Å². The number of benzene rings is 1. The summed E-state index contributed by atoms with van der Waals surface area (Å²) in [7, 11) is 1.67. The Labute approximate surface area is 124 Å². The maximum atomic E-state index is 12.3. The van der Waals surface area contributed by atoms with E-state index in [1.54, 1.807) is 31.6 Å². The molecule has 0 bridgehead atoms. The summed E-state index contributed by atoms with van der Waals surface area (Å²) in [6.45, 7) is 0. The molecule has 1 N–H and O–H groups in total. The summed E-state index contributed by atoms with van der Waals surface area (Å²) >= 11 is 0. The van der Waals surface area contributed by atoms with Gasteiger partial charge in [0, 0.05) is 12.4 Å². The zero-order chi connectivity index (χ0) is 14.7. The first-order valence-corrected chi connectivity index (χ1v) is 7.15. The van der Waals surface area contributed by atoms with Gasteiger partial charge in [-0.1, -0.05) is 6.07 Å². The van der Waals surface area contributed by atoms with Crippen molar-refractivity contribution in [1.29, 1.82) is 0 Å². The second-order valence-corrected chi connectivity index (χ2v) is 5.22. The van der Waals surface area contributed by atoms with Gasteiger partial charge in [0.05, 0.1) is 18.7 Å². The fourth-order valence-electron chi connectivity index (χ4n) is 2.81. The summed E-state index contributed by atoms with van der Waals surface area (Å²) in [6.07, 6.45) is 6.32. The molecule has 1 amide bonds. The summed E-state index contributed by atoms with van der Waals surface area (Å²) < 4.78 is 5.27. The van der Waals surface area contributed by atoms with Crippen LogP contribution >= 0.6 is 0 Å². The number of hydrogen-bond donors (Lipinski definition) is 1. The molecule has 1 aliphatic rings. The van der Waals surface area contributed by atoms with Crippen LogP contribution < -0.4 is 10.1 Å². The van der Waals surface area contributed by atoms with Crippen LogP contribution in [0.25, 0.3) is 0 Å². The maximum Gasteiger partial charge on any atom is 0.253 e. The summed E-state index contributed by atoms with van der Waals surface area (Å²) in [5.41, 5.74) is 3.05. The molecular formula is C17H18N2O2. The highest BCUT2D eigenvalue weighted by Crippen LogP contribution is 2.32. The summed E-state index contributed by atoms with van der Waals surface area (Å²) in [6, 6.07) is 9.69. The van der Waals surface area contributed by atoms with E-state index in [0.717, 1.165) is 25.0 Å². The number of pyridine rings is 1. The van der Waals surface area contributed by atoms with Crippen LogP contribution in [-0.4, -0.2) is 18.0 Å². The van der Waals surface area contributed by atoms with Gasteiger partial charge in [-0.2, -0.15) is 0 Å². The quantitative estimate of drug-likeness (QED) is 0.941. The number of methoxy groups -OCH3 is 1. The first-order chi connectivity index (χ1) is 10.3. The molecule has 21 heavy (non-hydrogen) atoms. The Morgan fingerprint density at radius 1 is 1.38 bits per heavy atom. The highest BCUT2D eigenvalue weighted by atomic mass is 16.5. The average molecular weight is 282 g/mol. The van der Waals surface area contributed by atoms with Crippen LogP contribution in [0.3, 0.4) is 0 Å². The number of carbonyl (C=O) groups is 1. The number of rotatable bonds is 3. The molecule has 0 radical (unpaired) electrons. The first kappa shape index (κ1) is 13.6. The SMILES string of the molecule is COc1ccc2c(c1)CCCC2NC(=O)c1cccnc1. The van der Waals surface area contributed by atoms with Gasteiger partial charge in [-0.3, -0.25) is 9.78 Å². The Morgan fingerprint density at radius 2 is 2.29 bits per heavy atom. The third-order valence-corrected chi connectivity index (χ3v) is 3.89. The fraction of sp³-hybridized carbons (Fsp3) is 0.294. The molecule has 4 heteroatoms. The minimum Gasteiger partial charge on any atom is -0.497 e. The molecule has 1 unspecified atom stereocenters. The van der Waals surface area contributed by atoms with Crippen molar-refractivity contribution in [2.75, 3.05) is 7.11 Å². The number of ether oxygens (including phenoxy) is 1. The Balaban J connectivity index is 1.81. The van der Waals surface area contributed by atoms with Crippen molar-refractivity contribution in [2.45, 2.75) is 25.3 Å². The van der Waals surface area contributed by atoms with E-state index in [2.05, 4.69) is 22.4 Å². The monoisotopic (exact) mass is 282 g/mol. The predicted molar refractivity (Wildman–Crippen MR) is 80.4 cm³/mol. The van der Waals surface area contributed by atoms with E-state index < -0.39 is 0 Å². The Bertz CT molecular complexity index is 640. The van der Waals surface area contributed by atoms with Gasteiger partial charge in [0.15, 0.2) is 0 Å². The fourth-order valence-corrected chi connectivity index (χ4v) is 2.81. The Kier molecular flexibility index (Phi) is 3.86. The van der Waals surface area contributed by atoms with E-state index in [-0.39, 0.29) is 11.9 Å². The van der Waals surface area contributed by atoms with Crippen molar-refractivity contribution in [3.05, 3.63) is 59.4 Å². The van der Waals surface area contributed by atoms with Crippen LogP contribution in [0.4, 0.5) is 0 Å². The minimum atomic E-state index is -0.0724. The molecule has 1 aliphatic carbocycles. The molecule has 1 aromatic carbocycles. The van der Waals surface area contributed by atoms with Gasteiger partial charge in [0.25, 0.3) is 5.91 Å². The number of amides is 1. The summed E-state index contributed by atoms with van der Waals surface area (Å²) in [5.74, 6) is 0.796. The van der Waals surface area contributed by atoms with Gasteiger partial charge in [-0.25, -0.2) is 0 Å². The van der Waals surface area contributed by atoms with E-state index in [1.807, 2.05) is 6.07 Å². The van der Waals surface area contributed by atoms with Crippen molar-refractivity contribution in [3.8, 4) is 5.75 Å². The third-order valence-electron chi connectivity index (χ3n) is 3.89. The molecule has 0 aliphatic heterocycles. The van der Waals surface area contributed by atoms with Crippen molar-refractivity contribution < 1.29 is 9.53 Å². The Morgan fingerprint density at radius 3 is 3.05 bits per heavy atom. The average Bonchev–Trinajstić information content (AvgIpc) is 2.55. The van der Waals surface area contributed by atoms with E-state index in [0.29, 0.717) is 5.56 Å². The zero-order valence-electron chi connectivity index (χ0n) is 12.0. The predicted octanol–water partition coefficient (Wildman–Crippen LogP) is 2.90. The lowest BCUT2D eigenvalue weighted by atomic mass is 9.87. The first-order valence-electron chi connectivity index (χ1n) is 7.15. The highest BCUT2D eigenvalue weighted by molar-refractivity contribution is 5.94. The number of aryl methyl sites for hydroxylation is 1. The van der Waals surface area contributed by atoms with Crippen LogP contribution in [0.15, 0.2) is 42.7 Å². The zero-order valence-corrected chi connectivity index (χ0v) is 12.0. The van der Waals surface area contributed by atoms with Crippen molar-refractivity contribution in [1.82, 2.24) is 10.3 Å². The number of aromatic nitrogens is 1. The molecule has 0 spiro atoms. The van der Waals surface area contributed by atoms with Crippen LogP contribution in [0.1, 0.15) is 40.4 Å². The third kappa shape index (κ3) is 2.89. The second-order valence-electron chi connectivity index (χ2n) is 5.22. The smallest absolute Gasteiger partial charge is 0.253 e. The van der Waals surface area contributed by atoms with E-state index in [4.69, 9.17) is 4.74 Å². The maximum absolute atomic E-state index is 12.3. The molecule has 0 saturated carbocycles. The number of nitrogens with zero attached hydrogens (tertiary/aromatic N) is 1. The molecule has 1 aromatic heterocycles. The lowest BCUT2D eigenvalue weighted by Gasteiger charge is -2.26. The van der Waals surface area contributed by atoms with Crippen molar-refractivity contribution >= 4 is 5.91 Å². The number of hydrogen-bond acceptors (Lipinski definition) is 3. The van der Waals surface area contributed by atoms with Crippen LogP contribution in [0, 0.1) is 0 Å². The second kappa shape index (κ2) is 5.95. The minimum absolute atomic E-state index is 0.0624. The Hall–Kier alpha value is -2.36. The summed E-state index contributed by atoms with van der Waals surface area (Å²) in [4.78, 5) is 16.3. The number of carbonyl (C=O) groups excluding carboxylic acids is 1. The standard InChI is InChI=1S/C17H18N2O2/c1-21-14-7-8-15-12(10-14)4-2-6-16(15)19-17(20)13-5-3-9-18-11-13/h3,5,7-11,16H,2,4,6H2,1H3,(H,19,20). The van der Waals surface area contributed by atoms with Crippen LogP contribution in [-0.2, 0) is 6.42 Å². The highest BCUT2D eigenvalue weighted by Gasteiger charge is 2.22. The van der Waals surface area contributed by atoms with Crippen LogP contribution in [0.2, 0.25) is 0 Å². The molecule has 108 valence electrons. The molecule has 4 nitrogen and oxygen atoms in total. The molecule has 2 aromatic rings. The molecule has 0 fully saturated rings. The number of fused-ring (bicyclic) bond motifs is 1. The van der Waals surface area contributed by atoms with Gasteiger partial charge >= 0.3 is 0 Å². The normalized spacial score (nSPS) is 16.9. The molecule has 1 atom stereocenters. The van der Waals surface area contributed by atoms with E-state index >= 15 is 0 Å². The largest absolute Gasteiger partial charge is 0.497 e. The molecule has 1 heterocycles.